The average Bonchev–Trinajstić information content (AvgIpc) is 2.51. The van der Waals surface area contributed by atoms with Gasteiger partial charge in [-0.25, -0.2) is 0 Å². The fraction of sp³-hybridized carbons (Fsp3) is 1.00. The Hall–Kier alpha value is -0.120. The van der Waals surface area contributed by atoms with Gasteiger partial charge in [-0.1, -0.05) is 0 Å². The van der Waals surface area contributed by atoms with E-state index in [2.05, 4.69) is 36.1 Å². The molecule has 2 rings (SSSR count). The number of nitrogens with zero attached hydrogens (tertiary/aromatic N) is 2. The number of likely N-dealkylation sites (tertiary alicyclic amines) is 1. The SMILES string of the molecule is CC1CC(N(C)C2CCCNCC2)CN1C. The first-order valence-electron chi connectivity index (χ1n) is 6.81. The van der Waals surface area contributed by atoms with Gasteiger partial charge in [0.05, 0.1) is 0 Å². The maximum Gasteiger partial charge on any atom is 0.0237 e. The molecule has 1 N–H and O–H groups in total. The van der Waals surface area contributed by atoms with Gasteiger partial charge in [-0.3, -0.25) is 4.90 Å². The van der Waals surface area contributed by atoms with E-state index in [0.717, 1.165) is 18.1 Å². The molecule has 0 amide bonds. The van der Waals surface area contributed by atoms with Gasteiger partial charge in [0.25, 0.3) is 0 Å². The third-order valence-corrected chi connectivity index (χ3v) is 4.56. The molecule has 0 radical (unpaired) electrons. The molecule has 2 aliphatic rings. The van der Waals surface area contributed by atoms with Crippen molar-refractivity contribution >= 4 is 0 Å². The quantitative estimate of drug-likeness (QED) is 0.760. The summed E-state index contributed by atoms with van der Waals surface area (Å²) >= 11 is 0. The zero-order valence-corrected chi connectivity index (χ0v) is 11.1. The molecule has 3 nitrogen and oxygen atoms in total. The maximum atomic E-state index is 3.50. The molecule has 0 bridgehead atoms. The lowest BCUT2D eigenvalue weighted by Gasteiger charge is -2.32. The minimum Gasteiger partial charge on any atom is -0.317 e. The van der Waals surface area contributed by atoms with Crippen molar-refractivity contribution in [1.29, 1.82) is 0 Å². The minimum absolute atomic E-state index is 0.761. The van der Waals surface area contributed by atoms with Crippen LogP contribution in [0.15, 0.2) is 0 Å². The molecule has 0 aromatic heterocycles. The van der Waals surface area contributed by atoms with E-state index in [1.165, 1.54) is 45.3 Å². The Balaban J connectivity index is 1.88. The van der Waals surface area contributed by atoms with Crippen LogP contribution in [0.3, 0.4) is 0 Å². The molecule has 2 aliphatic heterocycles. The standard InChI is InChI=1S/C13H27N3/c1-11-9-13(10-15(11)2)16(3)12-5-4-7-14-8-6-12/h11-14H,4-10H2,1-3H3. The van der Waals surface area contributed by atoms with Gasteiger partial charge < -0.3 is 10.2 Å². The first-order valence-corrected chi connectivity index (χ1v) is 6.81. The first kappa shape index (κ1) is 12.3. The van der Waals surface area contributed by atoms with Crippen LogP contribution in [0.5, 0.6) is 0 Å². The Morgan fingerprint density at radius 1 is 1.19 bits per heavy atom. The molecule has 0 saturated carbocycles. The summed E-state index contributed by atoms with van der Waals surface area (Å²) in [5.41, 5.74) is 0. The fourth-order valence-corrected chi connectivity index (χ4v) is 3.16. The van der Waals surface area contributed by atoms with Gasteiger partial charge in [-0.2, -0.15) is 0 Å². The summed E-state index contributed by atoms with van der Waals surface area (Å²) in [5, 5.41) is 3.50. The Morgan fingerprint density at radius 2 is 2.00 bits per heavy atom. The van der Waals surface area contributed by atoms with Crippen LogP contribution >= 0.6 is 0 Å². The van der Waals surface area contributed by atoms with Crippen molar-refractivity contribution in [3.63, 3.8) is 0 Å². The van der Waals surface area contributed by atoms with Crippen molar-refractivity contribution in [2.75, 3.05) is 33.7 Å². The number of likely N-dealkylation sites (N-methyl/N-ethyl adjacent to an activating group) is 2. The summed E-state index contributed by atoms with van der Waals surface area (Å²) < 4.78 is 0. The van der Waals surface area contributed by atoms with Crippen molar-refractivity contribution in [2.45, 2.75) is 50.7 Å². The van der Waals surface area contributed by atoms with Crippen LogP contribution in [0.2, 0.25) is 0 Å². The topological polar surface area (TPSA) is 18.5 Å². The second-order valence-corrected chi connectivity index (χ2v) is 5.68. The molecular weight excluding hydrogens is 198 g/mol. The van der Waals surface area contributed by atoms with Gasteiger partial charge in [0.15, 0.2) is 0 Å². The molecule has 2 saturated heterocycles. The number of hydrogen-bond acceptors (Lipinski definition) is 3. The van der Waals surface area contributed by atoms with E-state index < -0.39 is 0 Å². The van der Waals surface area contributed by atoms with E-state index in [1.54, 1.807) is 0 Å². The van der Waals surface area contributed by atoms with Crippen LogP contribution in [-0.4, -0.2) is 61.7 Å². The molecule has 3 atom stereocenters. The molecule has 0 aromatic carbocycles. The monoisotopic (exact) mass is 225 g/mol. The molecule has 0 aliphatic carbocycles. The molecule has 3 heteroatoms. The van der Waals surface area contributed by atoms with E-state index >= 15 is 0 Å². The number of nitrogens with one attached hydrogen (secondary N) is 1. The highest BCUT2D eigenvalue weighted by atomic mass is 15.3. The molecule has 94 valence electrons. The number of rotatable bonds is 2. The van der Waals surface area contributed by atoms with E-state index in [1.807, 2.05) is 0 Å². The smallest absolute Gasteiger partial charge is 0.0237 e. The Bertz CT molecular complexity index is 199. The van der Waals surface area contributed by atoms with Crippen molar-refractivity contribution in [1.82, 2.24) is 15.1 Å². The van der Waals surface area contributed by atoms with Gasteiger partial charge in [-0.15, -0.1) is 0 Å². The van der Waals surface area contributed by atoms with Crippen LogP contribution in [0, 0.1) is 0 Å². The third-order valence-electron chi connectivity index (χ3n) is 4.56. The Morgan fingerprint density at radius 3 is 2.69 bits per heavy atom. The highest BCUT2D eigenvalue weighted by Crippen LogP contribution is 2.23. The van der Waals surface area contributed by atoms with Crippen molar-refractivity contribution in [2.24, 2.45) is 0 Å². The minimum atomic E-state index is 0.761. The maximum absolute atomic E-state index is 3.50. The van der Waals surface area contributed by atoms with Gasteiger partial charge in [-0.05, 0) is 59.8 Å². The predicted octanol–water partition coefficient (Wildman–Crippen LogP) is 1.15. The normalized spacial score (nSPS) is 37.9. The molecular formula is C13H27N3. The van der Waals surface area contributed by atoms with Gasteiger partial charge in [0.2, 0.25) is 0 Å². The summed E-state index contributed by atoms with van der Waals surface area (Å²) in [5.74, 6) is 0. The molecule has 16 heavy (non-hydrogen) atoms. The van der Waals surface area contributed by atoms with Crippen LogP contribution in [0.1, 0.15) is 32.6 Å². The second kappa shape index (κ2) is 5.48. The van der Waals surface area contributed by atoms with Crippen LogP contribution in [0.4, 0.5) is 0 Å². The lowest BCUT2D eigenvalue weighted by molar-refractivity contribution is 0.162. The molecule has 3 unspecified atom stereocenters. The van der Waals surface area contributed by atoms with Crippen LogP contribution in [-0.2, 0) is 0 Å². The Labute approximate surface area is 100 Å². The largest absolute Gasteiger partial charge is 0.317 e. The first-order chi connectivity index (χ1) is 7.68. The average molecular weight is 225 g/mol. The summed E-state index contributed by atoms with van der Waals surface area (Å²) in [6, 6.07) is 2.35. The summed E-state index contributed by atoms with van der Waals surface area (Å²) in [7, 11) is 4.60. The molecule has 0 aromatic rings. The van der Waals surface area contributed by atoms with E-state index in [9.17, 15) is 0 Å². The van der Waals surface area contributed by atoms with Gasteiger partial charge in [0.1, 0.15) is 0 Å². The predicted molar refractivity (Wildman–Crippen MR) is 68.8 cm³/mol. The van der Waals surface area contributed by atoms with Crippen molar-refractivity contribution in [3.8, 4) is 0 Å². The zero-order valence-electron chi connectivity index (χ0n) is 11.1. The lowest BCUT2D eigenvalue weighted by Crippen LogP contribution is -2.41. The van der Waals surface area contributed by atoms with Crippen molar-refractivity contribution in [3.05, 3.63) is 0 Å². The highest BCUT2D eigenvalue weighted by molar-refractivity contribution is 4.89. The third kappa shape index (κ3) is 2.76. The lowest BCUT2D eigenvalue weighted by atomic mass is 10.0. The molecule has 2 heterocycles. The number of hydrogen-bond donors (Lipinski definition) is 1. The van der Waals surface area contributed by atoms with E-state index in [4.69, 9.17) is 0 Å². The summed E-state index contributed by atoms with van der Waals surface area (Å²) in [6.07, 6.45) is 5.38. The summed E-state index contributed by atoms with van der Waals surface area (Å²) in [4.78, 5) is 5.16. The highest BCUT2D eigenvalue weighted by Gasteiger charge is 2.31. The second-order valence-electron chi connectivity index (χ2n) is 5.68. The van der Waals surface area contributed by atoms with Crippen LogP contribution in [0.25, 0.3) is 0 Å². The molecule has 2 fully saturated rings. The van der Waals surface area contributed by atoms with Gasteiger partial charge >= 0.3 is 0 Å². The van der Waals surface area contributed by atoms with Gasteiger partial charge in [0, 0.05) is 24.7 Å². The van der Waals surface area contributed by atoms with Crippen LogP contribution < -0.4 is 5.32 Å². The van der Waals surface area contributed by atoms with E-state index in [-0.39, 0.29) is 0 Å². The summed E-state index contributed by atoms with van der Waals surface area (Å²) in [6.45, 7) is 6.02. The van der Waals surface area contributed by atoms with E-state index in [0.29, 0.717) is 0 Å². The van der Waals surface area contributed by atoms with Crippen molar-refractivity contribution < 1.29 is 0 Å². The molecule has 0 spiro atoms. The Kier molecular flexibility index (Phi) is 4.22. The zero-order chi connectivity index (χ0) is 11.5. The fourth-order valence-electron chi connectivity index (χ4n) is 3.16.